The van der Waals surface area contributed by atoms with Crippen LogP contribution in [-0.2, 0) is 0 Å². The molecule has 0 bridgehead atoms. The third-order valence-corrected chi connectivity index (χ3v) is 3.75. The van der Waals surface area contributed by atoms with Crippen LogP contribution in [0.15, 0.2) is 22.7 Å². The van der Waals surface area contributed by atoms with Crippen LogP contribution < -0.4 is 10.1 Å². The quantitative estimate of drug-likeness (QED) is 0.885. The summed E-state index contributed by atoms with van der Waals surface area (Å²) in [5.74, 6) is 1.87. The summed E-state index contributed by atoms with van der Waals surface area (Å²) < 4.78 is 10.7. The fourth-order valence-corrected chi connectivity index (χ4v) is 2.25. The number of likely N-dealkylation sites (N-methyl/N-ethyl adjacent to an activating group) is 1. The molecule has 0 aliphatic carbocycles. The molecule has 5 nitrogen and oxygen atoms in total. The van der Waals surface area contributed by atoms with Crippen molar-refractivity contribution in [3.63, 3.8) is 0 Å². The molecule has 1 aromatic heterocycles. The van der Waals surface area contributed by atoms with Gasteiger partial charge >= 0.3 is 0 Å². The first-order valence-electron chi connectivity index (χ1n) is 6.97. The van der Waals surface area contributed by atoms with Gasteiger partial charge in [0, 0.05) is 11.1 Å². The van der Waals surface area contributed by atoms with Crippen LogP contribution in [0, 0.1) is 0 Å². The standard InChI is InChI=1S/C15H20ClN3O2/c1-5-17-10(3)9(2)15-18-14(19-21-15)12-7-6-11(16)8-13(12)20-4/h6-10,17H,5H2,1-4H3. The number of hydrogen-bond acceptors (Lipinski definition) is 5. The Morgan fingerprint density at radius 2 is 2.14 bits per heavy atom. The topological polar surface area (TPSA) is 60.2 Å². The number of aromatic nitrogens is 2. The smallest absolute Gasteiger partial charge is 0.231 e. The van der Waals surface area contributed by atoms with Crippen LogP contribution >= 0.6 is 11.6 Å². The Balaban J connectivity index is 2.28. The molecule has 1 aromatic carbocycles. The van der Waals surface area contributed by atoms with Gasteiger partial charge in [0.25, 0.3) is 0 Å². The molecule has 2 atom stereocenters. The maximum atomic E-state index is 5.96. The summed E-state index contributed by atoms with van der Waals surface area (Å²) in [4.78, 5) is 4.48. The Morgan fingerprint density at radius 1 is 1.38 bits per heavy atom. The molecule has 114 valence electrons. The van der Waals surface area contributed by atoms with Crippen molar-refractivity contribution in [3.8, 4) is 17.1 Å². The molecule has 0 saturated carbocycles. The number of ether oxygens (including phenoxy) is 1. The molecule has 2 rings (SSSR count). The highest BCUT2D eigenvalue weighted by molar-refractivity contribution is 6.30. The Hall–Kier alpha value is -1.59. The molecule has 0 aliphatic heterocycles. The van der Waals surface area contributed by atoms with Gasteiger partial charge in [-0.2, -0.15) is 4.98 Å². The first-order chi connectivity index (χ1) is 10.1. The van der Waals surface area contributed by atoms with Crippen molar-refractivity contribution in [2.45, 2.75) is 32.7 Å². The number of hydrogen-bond donors (Lipinski definition) is 1. The highest BCUT2D eigenvalue weighted by Crippen LogP contribution is 2.31. The molecule has 21 heavy (non-hydrogen) atoms. The fraction of sp³-hybridized carbons (Fsp3) is 0.467. The summed E-state index contributed by atoms with van der Waals surface area (Å²) >= 11 is 5.96. The second kappa shape index (κ2) is 6.91. The van der Waals surface area contributed by atoms with E-state index in [1.54, 1.807) is 19.2 Å². The van der Waals surface area contributed by atoms with E-state index < -0.39 is 0 Å². The van der Waals surface area contributed by atoms with Gasteiger partial charge in [-0.25, -0.2) is 0 Å². The molecule has 0 amide bonds. The maximum Gasteiger partial charge on any atom is 0.231 e. The predicted molar refractivity (Wildman–Crippen MR) is 82.8 cm³/mol. The van der Waals surface area contributed by atoms with E-state index in [0.29, 0.717) is 22.5 Å². The molecule has 0 fully saturated rings. The van der Waals surface area contributed by atoms with E-state index in [4.69, 9.17) is 20.9 Å². The SMILES string of the molecule is CCNC(C)C(C)c1nc(-c2ccc(Cl)cc2OC)no1. The lowest BCUT2D eigenvalue weighted by Gasteiger charge is -2.16. The molecule has 0 spiro atoms. The Bertz CT molecular complexity index is 600. The number of benzene rings is 1. The van der Waals surface area contributed by atoms with Crippen molar-refractivity contribution < 1.29 is 9.26 Å². The van der Waals surface area contributed by atoms with E-state index in [0.717, 1.165) is 12.1 Å². The molecule has 1 heterocycles. The van der Waals surface area contributed by atoms with Gasteiger partial charge in [-0.3, -0.25) is 0 Å². The lowest BCUT2D eigenvalue weighted by molar-refractivity contribution is 0.332. The Kier molecular flexibility index (Phi) is 5.20. The first-order valence-corrected chi connectivity index (χ1v) is 7.35. The fourth-order valence-electron chi connectivity index (χ4n) is 2.09. The Labute approximate surface area is 129 Å². The zero-order chi connectivity index (χ0) is 15.4. The number of nitrogens with one attached hydrogen (secondary N) is 1. The molecule has 2 unspecified atom stereocenters. The summed E-state index contributed by atoms with van der Waals surface area (Å²) in [5, 5.41) is 8.01. The van der Waals surface area contributed by atoms with Crippen molar-refractivity contribution >= 4 is 11.6 Å². The van der Waals surface area contributed by atoms with Crippen LogP contribution in [0.5, 0.6) is 5.75 Å². The number of halogens is 1. The van der Waals surface area contributed by atoms with Gasteiger partial charge in [0.2, 0.25) is 11.7 Å². The third-order valence-electron chi connectivity index (χ3n) is 3.51. The zero-order valence-electron chi connectivity index (χ0n) is 12.7. The summed E-state index contributed by atoms with van der Waals surface area (Å²) in [7, 11) is 1.59. The van der Waals surface area contributed by atoms with E-state index in [2.05, 4.69) is 36.2 Å². The van der Waals surface area contributed by atoms with E-state index in [1.165, 1.54) is 0 Å². The van der Waals surface area contributed by atoms with E-state index in [-0.39, 0.29) is 12.0 Å². The third kappa shape index (κ3) is 3.54. The van der Waals surface area contributed by atoms with Crippen molar-refractivity contribution in [2.75, 3.05) is 13.7 Å². The zero-order valence-corrected chi connectivity index (χ0v) is 13.4. The molecular weight excluding hydrogens is 290 g/mol. The van der Waals surface area contributed by atoms with Crippen molar-refractivity contribution in [1.82, 2.24) is 15.5 Å². The summed E-state index contributed by atoms with van der Waals surface area (Å²) in [6, 6.07) is 5.60. The van der Waals surface area contributed by atoms with Crippen LogP contribution in [0.3, 0.4) is 0 Å². The van der Waals surface area contributed by atoms with Gasteiger partial charge in [0.1, 0.15) is 5.75 Å². The molecule has 2 aromatic rings. The van der Waals surface area contributed by atoms with E-state index in [1.807, 2.05) is 6.07 Å². The minimum Gasteiger partial charge on any atom is -0.496 e. The predicted octanol–water partition coefficient (Wildman–Crippen LogP) is 3.50. The van der Waals surface area contributed by atoms with E-state index in [9.17, 15) is 0 Å². The highest BCUT2D eigenvalue weighted by atomic mass is 35.5. The number of methoxy groups -OCH3 is 1. The van der Waals surface area contributed by atoms with Crippen LogP contribution in [0.25, 0.3) is 11.4 Å². The van der Waals surface area contributed by atoms with Crippen LogP contribution in [0.4, 0.5) is 0 Å². The lowest BCUT2D eigenvalue weighted by Crippen LogP contribution is -2.30. The molecular formula is C15H20ClN3O2. The van der Waals surface area contributed by atoms with E-state index >= 15 is 0 Å². The molecule has 1 N–H and O–H groups in total. The molecule has 0 aliphatic rings. The summed E-state index contributed by atoms with van der Waals surface area (Å²) in [5.41, 5.74) is 0.764. The highest BCUT2D eigenvalue weighted by Gasteiger charge is 2.21. The Morgan fingerprint density at radius 3 is 2.81 bits per heavy atom. The van der Waals surface area contributed by atoms with Gasteiger partial charge in [-0.1, -0.05) is 30.6 Å². The van der Waals surface area contributed by atoms with Gasteiger partial charge in [0.05, 0.1) is 18.6 Å². The van der Waals surface area contributed by atoms with Gasteiger partial charge in [0.15, 0.2) is 0 Å². The molecule has 0 saturated heterocycles. The van der Waals surface area contributed by atoms with Crippen molar-refractivity contribution in [1.29, 1.82) is 0 Å². The monoisotopic (exact) mass is 309 g/mol. The first kappa shape index (κ1) is 15.8. The largest absolute Gasteiger partial charge is 0.496 e. The van der Waals surface area contributed by atoms with Crippen LogP contribution in [0.2, 0.25) is 5.02 Å². The van der Waals surface area contributed by atoms with Gasteiger partial charge < -0.3 is 14.6 Å². The number of rotatable bonds is 6. The molecule has 0 radical (unpaired) electrons. The second-order valence-corrected chi connectivity index (χ2v) is 5.37. The van der Waals surface area contributed by atoms with Crippen molar-refractivity contribution in [2.24, 2.45) is 0 Å². The van der Waals surface area contributed by atoms with Crippen LogP contribution in [-0.4, -0.2) is 29.8 Å². The average molecular weight is 310 g/mol. The lowest BCUT2D eigenvalue weighted by atomic mass is 10.0. The number of nitrogens with zero attached hydrogens (tertiary/aromatic N) is 2. The van der Waals surface area contributed by atoms with Gasteiger partial charge in [-0.15, -0.1) is 0 Å². The summed E-state index contributed by atoms with van der Waals surface area (Å²) in [6.45, 7) is 7.13. The maximum absolute atomic E-state index is 5.96. The normalized spacial score (nSPS) is 14.0. The minimum atomic E-state index is 0.129. The molecule has 6 heteroatoms. The summed E-state index contributed by atoms with van der Waals surface area (Å²) in [6.07, 6.45) is 0. The second-order valence-electron chi connectivity index (χ2n) is 4.94. The minimum absolute atomic E-state index is 0.129. The average Bonchev–Trinajstić information content (AvgIpc) is 2.96. The van der Waals surface area contributed by atoms with Gasteiger partial charge in [-0.05, 0) is 31.7 Å². The van der Waals surface area contributed by atoms with Crippen LogP contribution in [0.1, 0.15) is 32.6 Å². The van der Waals surface area contributed by atoms with Crippen molar-refractivity contribution in [3.05, 3.63) is 29.1 Å².